The summed E-state index contributed by atoms with van der Waals surface area (Å²) in [5.41, 5.74) is 7.10. The summed E-state index contributed by atoms with van der Waals surface area (Å²) in [4.78, 5) is 33.1. The Morgan fingerprint density at radius 1 is 1.14 bits per heavy atom. The van der Waals surface area contributed by atoms with Crippen molar-refractivity contribution in [3.63, 3.8) is 0 Å². The topological polar surface area (TPSA) is 96.1 Å². The number of nitrogens with one attached hydrogen (secondary N) is 2. The molecule has 4 heterocycles. The average Bonchev–Trinajstić information content (AvgIpc) is 3.68. The van der Waals surface area contributed by atoms with Crippen molar-refractivity contribution in [1.82, 2.24) is 25.3 Å². The number of allylic oxidation sites excluding steroid dienone is 4. The summed E-state index contributed by atoms with van der Waals surface area (Å²) in [6.07, 6.45) is 9.87. The summed E-state index contributed by atoms with van der Waals surface area (Å²) in [5, 5.41) is 3.80. The number of hydrogen-bond acceptors (Lipinski definition) is 5. The molecule has 2 aliphatic rings. The second-order valence-corrected chi connectivity index (χ2v) is 25.9. The molecule has 3 atom stereocenters. The van der Waals surface area contributed by atoms with Crippen LogP contribution in [-0.4, -0.2) is 46.4 Å². The first-order chi connectivity index (χ1) is 24.4. The van der Waals surface area contributed by atoms with Crippen LogP contribution in [0, 0.1) is 30.3 Å². The van der Waals surface area contributed by atoms with Gasteiger partial charge >= 0.3 is 254 Å². The third kappa shape index (κ3) is 8.69. The summed E-state index contributed by atoms with van der Waals surface area (Å²) in [6, 6.07) is 7.74. The number of carbonyl (C=O) groups excluding carboxylic acids is 1. The fraction of sp³-hybridized carbons (Fsp3) is 0.366. The number of halogens is 3. The van der Waals surface area contributed by atoms with E-state index in [0.29, 0.717) is 28.2 Å². The van der Waals surface area contributed by atoms with Crippen LogP contribution in [0.2, 0.25) is 5.02 Å². The van der Waals surface area contributed by atoms with E-state index in [4.69, 9.17) is 19.7 Å². The van der Waals surface area contributed by atoms with Crippen molar-refractivity contribution in [1.29, 1.82) is 0 Å². The SMILES string of the molecule is C=C.C=C.CC.CCI1(C)(c2cc(C(CNC(=O)c3cc(C)c4nc(C(C)F)[nH]c4c3)C3C=CC=CC3)nc(-c3ccnc(C)c3Cl)c2C)CO1. The van der Waals surface area contributed by atoms with Gasteiger partial charge in [-0.2, -0.15) is 0 Å². The van der Waals surface area contributed by atoms with Gasteiger partial charge in [-0.25, -0.2) is 4.39 Å². The Hall–Kier alpha value is -3.67. The molecule has 1 saturated heterocycles. The van der Waals surface area contributed by atoms with Crippen molar-refractivity contribution >= 4 is 46.0 Å². The zero-order valence-electron chi connectivity index (χ0n) is 31.4. The molecule has 1 amide bonds. The molecule has 51 heavy (non-hydrogen) atoms. The third-order valence-electron chi connectivity index (χ3n) is 9.24. The number of benzene rings is 1. The zero-order valence-corrected chi connectivity index (χ0v) is 34.3. The molecule has 276 valence electrons. The molecule has 4 aromatic rings. The molecule has 2 N–H and O–H groups in total. The summed E-state index contributed by atoms with van der Waals surface area (Å²) in [7, 11) is 0. The molecule has 6 rings (SSSR count). The van der Waals surface area contributed by atoms with Gasteiger partial charge in [0.05, 0.1) is 0 Å². The summed E-state index contributed by atoms with van der Waals surface area (Å²) in [6.45, 7) is 26.0. The van der Waals surface area contributed by atoms with Crippen molar-refractivity contribution in [2.75, 3.05) is 20.5 Å². The second kappa shape index (κ2) is 17.7. The van der Waals surface area contributed by atoms with E-state index in [1.54, 1.807) is 18.3 Å². The van der Waals surface area contributed by atoms with Crippen LogP contribution in [-0.2, 0) is 3.07 Å². The summed E-state index contributed by atoms with van der Waals surface area (Å²) in [5.74, 6) is 0.0749. The van der Waals surface area contributed by atoms with E-state index in [-0.39, 0.29) is 23.6 Å². The van der Waals surface area contributed by atoms with Gasteiger partial charge in [-0.15, -0.1) is 26.3 Å². The van der Waals surface area contributed by atoms with Crippen LogP contribution in [0.1, 0.15) is 84.9 Å². The molecule has 1 aliphatic heterocycles. The number of nitrogens with zero attached hydrogens (tertiary/aromatic N) is 3. The normalized spacial score (nSPS) is 18.2. The van der Waals surface area contributed by atoms with Gasteiger partial charge < -0.3 is 0 Å². The Balaban J connectivity index is 0.00000111. The first-order valence-electron chi connectivity index (χ1n) is 17.2. The molecule has 0 bridgehead atoms. The summed E-state index contributed by atoms with van der Waals surface area (Å²) >= 11 is 3.57. The van der Waals surface area contributed by atoms with Crippen LogP contribution in [0.25, 0.3) is 22.3 Å². The number of aromatic nitrogens is 4. The molecule has 7 nitrogen and oxygen atoms in total. The molecule has 3 aromatic heterocycles. The first kappa shape index (κ1) is 41.7. The van der Waals surface area contributed by atoms with Crippen molar-refractivity contribution in [3.05, 3.63) is 124 Å². The van der Waals surface area contributed by atoms with E-state index in [1.807, 2.05) is 33.8 Å². The molecule has 1 aromatic carbocycles. The molecule has 10 heteroatoms. The predicted molar refractivity (Wildman–Crippen MR) is 223 cm³/mol. The Labute approximate surface area is 310 Å². The monoisotopic (exact) mass is 829 g/mol. The van der Waals surface area contributed by atoms with E-state index >= 15 is 0 Å². The van der Waals surface area contributed by atoms with Crippen molar-refractivity contribution in [2.45, 2.75) is 67.0 Å². The van der Waals surface area contributed by atoms with Crippen molar-refractivity contribution < 1.29 is 12.3 Å². The van der Waals surface area contributed by atoms with Crippen LogP contribution >= 0.6 is 29.1 Å². The van der Waals surface area contributed by atoms with Gasteiger partial charge in [0, 0.05) is 0 Å². The van der Waals surface area contributed by atoms with Gasteiger partial charge in [0.25, 0.3) is 0 Å². The molecule has 0 spiro atoms. The van der Waals surface area contributed by atoms with Crippen LogP contribution < -0.4 is 5.32 Å². The van der Waals surface area contributed by atoms with Gasteiger partial charge in [0.2, 0.25) is 0 Å². The minimum absolute atomic E-state index is 0.107. The maximum atomic E-state index is 14.0. The molecule has 0 saturated carbocycles. The average molecular weight is 830 g/mol. The zero-order chi connectivity index (χ0) is 38.1. The number of aromatic amines is 1. The first-order valence-corrected chi connectivity index (χ1v) is 24.8. The van der Waals surface area contributed by atoms with Gasteiger partial charge in [0.15, 0.2) is 6.17 Å². The molecule has 1 aliphatic carbocycles. The molecule has 3 unspecified atom stereocenters. The van der Waals surface area contributed by atoms with E-state index < -0.39 is 23.6 Å². The fourth-order valence-electron chi connectivity index (χ4n) is 6.15. The van der Waals surface area contributed by atoms with E-state index in [1.165, 1.54) is 10.5 Å². The Kier molecular flexibility index (Phi) is 14.5. The van der Waals surface area contributed by atoms with Gasteiger partial charge in [-0.3, -0.25) is 0 Å². The molecule has 1 fully saturated rings. The number of fused-ring (bicyclic) bond motifs is 1. The molecular weight excluding hydrogens is 776 g/mol. The van der Waals surface area contributed by atoms with Crippen molar-refractivity contribution in [2.24, 2.45) is 5.92 Å². The molecule has 0 radical (unpaired) electrons. The van der Waals surface area contributed by atoms with E-state index in [2.05, 4.69) is 95.7 Å². The second-order valence-electron chi connectivity index (χ2n) is 12.3. The van der Waals surface area contributed by atoms with E-state index in [0.717, 1.165) is 49.2 Å². The Morgan fingerprint density at radius 2 is 1.82 bits per heavy atom. The molecular formula is C41H54ClFIN5O2. The number of aryl methyl sites for hydroxylation is 2. The predicted octanol–water partition coefficient (Wildman–Crippen LogP) is 11.2. The van der Waals surface area contributed by atoms with Gasteiger partial charge in [-0.05, 0) is 6.92 Å². The van der Waals surface area contributed by atoms with Crippen molar-refractivity contribution in [3.8, 4) is 11.3 Å². The number of imidazole rings is 1. The Bertz CT molecular complexity index is 1910. The van der Waals surface area contributed by atoms with Gasteiger partial charge in [0.1, 0.15) is 0 Å². The third-order valence-corrected chi connectivity index (χ3v) is 21.5. The quantitative estimate of drug-likeness (QED) is 0.0758. The number of pyridine rings is 2. The number of alkyl halides is 4. The van der Waals surface area contributed by atoms with E-state index in [9.17, 15) is 9.18 Å². The fourth-order valence-corrected chi connectivity index (χ4v) is 16.5. The standard InChI is InChI=1S/C35H40ClFIN5O2.C2H6.2C2H4/c1-7-38(6,19-45-38)28-17-29(41-33(21(28)3)26-13-14-39-23(5)31(26)36)27(24-11-9-8-10-12-24)18-40-35(44)25-15-20(2)32-30(16-25)42-34(43-32)22(4)37;3*1-2/h8-11,13-17,22,24,27H,7,12,18-19H2,1-6H3,(H,40,44)(H,42,43);1-2H3;2*1-2H2. The Morgan fingerprint density at radius 3 is 2.41 bits per heavy atom. The minimum atomic E-state index is -3.29. The maximum absolute atomic E-state index is 14.0. The number of carbonyl (C=O) groups is 1. The van der Waals surface area contributed by atoms with Crippen LogP contribution in [0.15, 0.2) is 81.1 Å². The van der Waals surface area contributed by atoms with Crippen LogP contribution in [0.5, 0.6) is 0 Å². The van der Waals surface area contributed by atoms with Crippen LogP contribution in [0.3, 0.4) is 0 Å². The summed E-state index contributed by atoms with van der Waals surface area (Å²) < 4.78 is 23.5. The number of amides is 1. The van der Waals surface area contributed by atoms with Gasteiger partial charge in [-0.1, -0.05) is 13.8 Å². The van der Waals surface area contributed by atoms with Crippen LogP contribution in [0.4, 0.5) is 4.39 Å². The number of rotatable bonds is 9. The number of hydrogen-bond donors (Lipinski definition) is 2. The number of H-pyrrole nitrogens is 1.